The Morgan fingerprint density at radius 1 is 1.03 bits per heavy atom. The van der Waals surface area contributed by atoms with E-state index in [1.807, 2.05) is 6.07 Å². The molecule has 206 valence electrons. The Morgan fingerprint density at radius 2 is 1.58 bits per heavy atom. The van der Waals surface area contributed by atoms with E-state index in [-0.39, 0.29) is 0 Å². The summed E-state index contributed by atoms with van der Waals surface area (Å²) >= 11 is 0. The lowest BCUT2D eigenvalue weighted by atomic mass is 9.97. The first-order valence-electron chi connectivity index (χ1n) is 12.1. The van der Waals surface area contributed by atoms with E-state index >= 15 is 0 Å². The Balaban J connectivity index is 2.38. The van der Waals surface area contributed by atoms with Crippen LogP contribution in [0.15, 0.2) is 49.6 Å². The van der Waals surface area contributed by atoms with Crippen LogP contribution in [-0.2, 0) is 33.3 Å². The van der Waals surface area contributed by atoms with E-state index in [2.05, 4.69) is 18.5 Å². The number of nitrogens with one attached hydrogen (secondary N) is 1. The van der Waals surface area contributed by atoms with Gasteiger partial charge in [0.25, 0.3) is 0 Å². The topological polar surface area (TPSA) is 153 Å². The highest BCUT2D eigenvalue weighted by Crippen LogP contribution is 2.31. The first kappa shape index (κ1) is 30.5. The number of allylic oxidation sites excluding steroid dienone is 2. The normalized spacial score (nSPS) is 24.1. The molecule has 1 aliphatic heterocycles. The van der Waals surface area contributed by atoms with Crippen molar-refractivity contribution >= 4 is 23.7 Å². The summed E-state index contributed by atoms with van der Waals surface area (Å²) in [6.45, 7) is 9.88. The van der Waals surface area contributed by atoms with E-state index in [0.29, 0.717) is 24.1 Å². The van der Waals surface area contributed by atoms with Gasteiger partial charge in [0.1, 0.15) is 6.10 Å². The van der Waals surface area contributed by atoms with Crippen LogP contribution in [0.3, 0.4) is 0 Å². The molecule has 1 aromatic rings. The van der Waals surface area contributed by atoms with Crippen molar-refractivity contribution in [3.05, 3.63) is 55.1 Å². The van der Waals surface area contributed by atoms with E-state index in [4.69, 9.17) is 28.9 Å². The molecule has 11 heteroatoms. The number of esters is 2. The van der Waals surface area contributed by atoms with Crippen molar-refractivity contribution in [3.8, 4) is 6.07 Å². The maximum Gasteiger partial charge on any atom is 0.412 e. The fourth-order valence-corrected chi connectivity index (χ4v) is 3.71. The van der Waals surface area contributed by atoms with Crippen LogP contribution >= 0.6 is 0 Å². The van der Waals surface area contributed by atoms with Crippen molar-refractivity contribution in [1.29, 1.82) is 5.26 Å². The lowest BCUT2D eigenvalue weighted by Gasteiger charge is -2.44. The van der Waals surface area contributed by atoms with Crippen LogP contribution < -0.4 is 5.32 Å². The van der Waals surface area contributed by atoms with E-state index in [0.717, 1.165) is 0 Å². The van der Waals surface area contributed by atoms with Gasteiger partial charge in [-0.2, -0.15) is 5.26 Å². The summed E-state index contributed by atoms with van der Waals surface area (Å²) in [6, 6.07) is 7.99. The Labute approximate surface area is 221 Å². The van der Waals surface area contributed by atoms with Crippen molar-refractivity contribution in [1.82, 2.24) is 0 Å². The third-order valence-electron chi connectivity index (χ3n) is 5.86. The van der Waals surface area contributed by atoms with Crippen LogP contribution in [-0.4, -0.2) is 67.6 Å². The maximum atomic E-state index is 12.9. The second-order valence-corrected chi connectivity index (χ2v) is 8.80. The lowest BCUT2D eigenvalue weighted by molar-refractivity contribution is -0.300. The minimum atomic E-state index is -1.38. The number of nitrogens with zero attached hydrogens (tertiary/aromatic N) is 1. The molecule has 0 spiro atoms. The molecule has 0 unspecified atom stereocenters. The Morgan fingerprint density at radius 3 is 2.05 bits per heavy atom. The van der Waals surface area contributed by atoms with Gasteiger partial charge in [-0.05, 0) is 37.1 Å². The van der Waals surface area contributed by atoms with Crippen LogP contribution in [0.1, 0.15) is 32.3 Å². The van der Waals surface area contributed by atoms with E-state index in [1.54, 1.807) is 26.0 Å². The monoisotopic (exact) mass is 530 g/mol. The third-order valence-corrected chi connectivity index (χ3v) is 5.86. The molecular weight excluding hydrogens is 496 g/mol. The number of hydrogen-bond acceptors (Lipinski definition) is 10. The summed E-state index contributed by atoms with van der Waals surface area (Å²) in [4.78, 5) is 38.5. The van der Waals surface area contributed by atoms with E-state index < -0.39 is 67.2 Å². The van der Waals surface area contributed by atoms with Crippen molar-refractivity contribution in [2.24, 2.45) is 11.8 Å². The summed E-state index contributed by atoms with van der Waals surface area (Å²) in [5.41, 5.74) is 0.724. The van der Waals surface area contributed by atoms with Gasteiger partial charge in [-0.3, -0.25) is 14.9 Å². The fraction of sp³-hybridized carbons (Fsp3) is 0.481. The molecule has 0 aromatic heterocycles. The Hall–Kier alpha value is -3.72. The number of amides is 1. The molecule has 0 radical (unpaired) electrons. The number of aliphatic hydroxyl groups excluding tert-OH is 1. The Kier molecular flexibility index (Phi) is 11.9. The molecule has 0 aliphatic carbocycles. The average molecular weight is 531 g/mol. The van der Waals surface area contributed by atoms with Gasteiger partial charge in [-0.1, -0.05) is 26.0 Å². The SMILES string of the molecule is C=CC[C@H](C)C(=O)O[C@@H]1[C@@H](OC(=O)[C@@H](C)CC=C)[C@@H](OC)O[C@H](CO)[C@H]1OC(=O)Nc1ccc(C#N)cc1. The molecule has 2 rings (SSSR count). The van der Waals surface area contributed by atoms with Gasteiger partial charge in [0.05, 0.1) is 30.1 Å². The molecule has 0 bridgehead atoms. The molecule has 1 aromatic carbocycles. The zero-order valence-electron chi connectivity index (χ0n) is 21.7. The first-order valence-corrected chi connectivity index (χ1v) is 12.1. The van der Waals surface area contributed by atoms with Crippen LogP contribution in [0.25, 0.3) is 0 Å². The highest BCUT2D eigenvalue weighted by atomic mass is 16.7. The van der Waals surface area contributed by atoms with Gasteiger partial charge in [0, 0.05) is 12.8 Å². The second kappa shape index (κ2) is 14.9. The maximum absolute atomic E-state index is 12.9. The van der Waals surface area contributed by atoms with Gasteiger partial charge in [0.15, 0.2) is 24.6 Å². The Bertz CT molecular complexity index is 1020. The zero-order valence-corrected chi connectivity index (χ0v) is 21.7. The molecular formula is C27H34N2O9. The van der Waals surface area contributed by atoms with Gasteiger partial charge in [-0.25, -0.2) is 4.79 Å². The van der Waals surface area contributed by atoms with Crippen molar-refractivity contribution in [2.75, 3.05) is 19.0 Å². The third kappa shape index (κ3) is 8.14. The fourth-order valence-electron chi connectivity index (χ4n) is 3.71. The molecule has 38 heavy (non-hydrogen) atoms. The average Bonchev–Trinajstić information content (AvgIpc) is 2.90. The predicted molar refractivity (Wildman–Crippen MR) is 136 cm³/mol. The number of anilines is 1. The zero-order chi connectivity index (χ0) is 28.2. The quantitative estimate of drug-likeness (QED) is 0.234. The molecule has 1 saturated heterocycles. The number of methoxy groups -OCH3 is 1. The summed E-state index contributed by atoms with van der Waals surface area (Å²) in [5.74, 6) is -2.47. The molecule has 1 fully saturated rings. The molecule has 11 nitrogen and oxygen atoms in total. The smallest absolute Gasteiger partial charge is 0.412 e. The number of ether oxygens (including phenoxy) is 5. The molecule has 1 heterocycles. The molecule has 7 atom stereocenters. The number of benzene rings is 1. The number of aliphatic hydroxyl groups is 1. The minimum Gasteiger partial charge on any atom is -0.454 e. The van der Waals surface area contributed by atoms with Crippen LogP contribution in [0.4, 0.5) is 10.5 Å². The highest BCUT2D eigenvalue weighted by molar-refractivity contribution is 5.85. The number of nitriles is 1. The minimum absolute atomic E-state index is 0.310. The summed E-state index contributed by atoms with van der Waals surface area (Å²) < 4.78 is 28.0. The van der Waals surface area contributed by atoms with E-state index in [1.165, 1.54) is 31.4 Å². The number of carbonyl (C=O) groups excluding carboxylic acids is 3. The van der Waals surface area contributed by atoms with Crippen LogP contribution in [0.2, 0.25) is 0 Å². The summed E-state index contributed by atoms with van der Waals surface area (Å²) in [6.07, 6.45) is -3.69. The summed E-state index contributed by atoms with van der Waals surface area (Å²) in [7, 11) is 1.30. The molecule has 2 N–H and O–H groups in total. The van der Waals surface area contributed by atoms with Crippen molar-refractivity contribution in [2.45, 2.75) is 57.4 Å². The van der Waals surface area contributed by atoms with Gasteiger partial charge in [0.2, 0.25) is 0 Å². The largest absolute Gasteiger partial charge is 0.454 e. The molecule has 1 amide bonds. The van der Waals surface area contributed by atoms with Gasteiger partial charge >= 0.3 is 18.0 Å². The standard InChI is InChI=1S/C27H34N2O9/c1-6-8-16(3)24(31)36-22-21(38-27(33)29-19-12-10-18(14-28)11-13-19)20(15-30)35-26(34-5)23(22)37-25(32)17(4)9-7-2/h6-7,10-13,16-17,20-23,26,30H,1-2,8-9,15H2,3-5H3,(H,29,33)/t16-,17-,20+,21+,22-,23+,26-/m0/s1. The molecule has 1 aliphatic rings. The highest BCUT2D eigenvalue weighted by Gasteiger charge is 2.53. The van der Waals surface area contributed by atoms with Gasteiger partial charge < -0.3 is 28.8 Å². The lowest BCUT2D eigenvalue weighted by Crippen LogP contribution is -2.63. The second-order valence-electron chi connectivity index (χ2n) is 8.80. The predicted octanol–water partition coefficient (Wildman–Crippen LogP) is 3.09. The van der Waals surface area contributed by atoms with Crippen LogP contribution in [0, 0.1) is 23.2 Å². The summed E-state index contributed by atoms with van der Waals surface area (Å²) in [5, 5.41) is 21.5. The van der Waals surface area contributed by atoms with E-state index in [9.17, 15) is 19.5 Å². The number of hydrogen-bond donors (Lipinski definition) is 2. The number of rotatable bonds is 12. The van der Waals surface area contributed by atoms with Crippen molar-refractivity contribution < 1.29 is 43.2 Å². The van der Waals surface area contributed by atoms with Gasteiger partial charge in [-0.15, -0.1) is 13.2 Å². The first-order chi connectivity index (χ1) is 18.2. The number of carbonyl (C=O) groups is 3. The van der Waals surface area contributed by atoms with Crippen LogP contribution in [0.5, 0.6) is 0 Å². The molecule has 0 saturated carbocycles. The van der Waals surface area contributed by atoms with Crippen molar-refractivity contribution in [3.63, 3.8) is 0 Å².